The van der Waals surface area contributed by atoms with Crippen molar-refractivity contribution in [2.45, 2.75) is 32.7 Å². The molecular weight excluding hydrogens is 276 g/mol. The average Bonchev–Trinajstić information content (AvgIpc) is 2.42. The average molecular weight is 301 g/mol. The molecule has 0 heterocycles. The number of hydrogen-bond acceptors (Lipinski definition) is 3. The molecule has 1 atom stereocenters. The summed E-state index contributed by atoms with van der Waals surface area (Å²) in [4.78, 5) is 11.4. The number of carbonyl (C=O) groups excluding carboxylic acids is 1. The third kappa shape index (κ3) is 6.37. The Kier molecular flexibility index (Phi) is 9.21. The van der Waals surface area contributed by atoms with Crippen LogP contribution in [0.5, 0.6) is 0 Å². The number of carbonyl (C=O) groups is 1. The van der Waals surface area contributed by atoms with Gasteiger partial charge in [0, 0.05) is 19.2 Å². The van der Waals surface area contributed by atoms with Crippen LogP contribution in [-0.2, 0) is 9.53 Å². The van der Waals surface area contributed by atoms with Crippen LogP contribution in [0.25, 0.3) is 0 Å². The second kappa shape index (κ2) is 9.75. The Morgan fingerprint density at radius 1 is 1.25 bits per heavy atom. The van der Waals surface area contributed by atoms with Crippen LogP contribution in [0.4, 0.5) is 0 Å². The molecule has 0 aromatic heterocycles. The molecule has 0 spiro atoms. The smallest absolute Gasteiger partial charge is 0.246 e. The molecule has 0 aliphatic heterocycles. The predicted octanol–water partition coefficient (Wildman–Crippen LogP) is 2.38. The first kappa shape index (κ1) is 18.9. The first-order valence-corrected chi connectivity index (χ1v) is 6.74. The van der Waals surface area contributed by atoms with Gasteiger partial charge in [0.15, 0.2) is 0 Å². The number of benzene rings is 1. The maximum Gasteiger partial charge on any atom is 0.246 e. The largest absolute Gasteiger partial charge is 0.372 e. The molecule has 0 saturated carbocycles. The summed E-state index contributed by atoms with van der Waals surface area (Å²) in [6.45, 7) is 7.22. The highest BCUT2D eigenvalue weighted by atomic mass is 35.5. The van der Waals surface area contributed by atoms with Crippen LogP contribution in [0.1, 0.15) is 43.9 Å². The lowest BCUT2D eigenvalue weighted by Gasteiger charge is -2.14. The summed E-state index contributed by atoms with van der Waals surface area (Å²) >= 11 is 0. The van der Waals surface area contributed by atoms with Gasteiger partial charge < -0.3 is 15.8 Å². The van der Waals surface area contributed by atoms with E-state index in [-0.39, 0.29) is 31.0 Å². The summed E-state index contributed by atoms with van der Waals surface area (Å²) in [6, 6.07) is 8.03. The molecule has 0 aliphatic carbocycles. The molecule has 3 N–H and O–H groups in total. The van der Waals surface area contributed by atoms with Crippen LogP contribution < -0.4 is 11.1 Å². The second-order valence-corrected chi connectivity index (χ2v) is 4.87. The second-order valence-electron chi connectivity index (χ2n) is 4.87. The summed E-state index contributed by atoms with van der Waals surface area (Å²) < 4.78 is 5.02. The Hall–Kier alpha value is -1.10. The quantitative estimate of drug-likeness (QED) is 0.812. The van der Waals surface area contributed by atoms with Crippen LogP contribution in [0, 0.1) is 0 Å². The summed E-state index contributed by atoms with van der Waals surface area (Å²) in [6.07, 6.45) is 0. The Bertz CT molecular complexity index is 393. The minimum atomic E-state index is -0.188. The molecule has 0 bridgehead atoms. The summed E-state index contributed by atoms with van der Waals surface area (Å²) in [5, 5.41) is 2.76. The van der Waals surface area contributed by atoms with Gasteiger partial charge in [-0.1, -0.05) is 38.1 Å². The number of nitrogens with one attached hydrogen (secondary N) is 1. The molecule has 1 aromatic rings. The number of rotatable bonds is 7. The first-order chi connectivity index (χ1) is 9.04. The summed E-state index contributed by atoms with van der Waals surface area (Å²) in [5.74, 6) is 0.382. The van der Waals surface area contributed by atoms with E-state index in [1.54, 1.807) is 0 Å². The van der Waals surface area contributed by atoms with E-state index in [0.717, 1.165) is 5.56 Å². The first-order valence-electron chi connectivity index (χ1n) is 6.74. The molecule has 114 valence electrons. The molecule has 0 saturated heterocycles. The number of halogens is 1. The lowest BCUT2D eigenvalue weighted by atomic mass is 9.99. The summed E-state index contributed by atoms with van der Waals surface area (Å²) in [5.41, 5.74) is 8.36. The monoisotopic (exact) mass is 300 g/mol. The van der Waals surface area contributed by atoms with E-state index in [9.17, 15) is 4.79 Å². The standard InChI is InChI=1S/C15H24N2O2.ClH/c1-4-19-10-15(18)17-9-14(16)13-7-5-12(6-8-13)11(2)3;/h5-8,11,14H,4,9-10,16H2,1-3H3,(H,17,18);1H. The van der Waals surface area contributed by atoms with Gasteiger partial charge in [-0.2, -0.15) is 0 Å². The maximum absolute atomic E-state index is 11.4. The van der Waals surface area contributed by atoms with Gasteiger partial charge in [-0.25, -0.2) is 0 Å². The number of ether oxygens (including phenoxy) is 1. The minimum Gasteiger partial charge on any atom is -0.372 e. The van der Waals surface area contributed by atoms with Crippen LogP contribution in [-0.4, -0.2) is 25.7 Å². The fourth-order valence-electron chi connectivity index (χ4n) is 1.72. The zero-order valence-electron chi connectivity index (χ0n) is 12.4. The van der Waals surface area contributed by atoms with E-state index >= 15 is 0 Å². The molecule has 1 aromatic carbocycles. The van der Waals surface area contributed by atoms with Crippen molar-refractivity contribution in [3.63, 3.8) is 0 Å². The summed E-state index contributed by atoms with van der Waals surface area (Å²) in [7, 11) is 0. The van der Waals surface area contributed by atoms with Crippen LogP contribution in [0.15, 0.2) is 24.3 Å². The van der Waals surface area contributed by atoms with Crippen molar-refractivity contribution >= 4 is 18.3 Å². The third-order valence-corrected chi connectivity index (χ3v) is 2.99. The lowest BCUT2D eigenvalue weighted by Crippen LogP contribution is -2.34. The fourth-order valence-corrected chi connectivity index (χ4v) is 1.72. The maximum atomic E-state index is 11.4. The molecule has 4 nitrogen and oxygen atoms in total. The van der Waals surface area contributed by atoms with E-state index in [1.165, 1.54) is 5.56 Å². The number of hydrogen-bond donors (Lipinski definition) is 2. The van der Waals surface area contributed by atoms with Crippen molar-refractivity contribution in [2.75, 3.05) is 19.8 Å². The Morgan fingerprint density at radius 3 is 2.30 bits per heavy atom. The van der Waals surface area contributed by atoms with Crippen LogP contribution >= 0.6 is 12.4 Å². The molecule has 1 rings (SSSR count). The lowest BCUT2D eigenvalue weighted by molar-refractivity contribution is -0.125. The van der Waals surface area contributed by atoms with E-state index in [0.29, 0.717) is 19.1 Å². The van der Waals surface area contributed by atoms with Crippen molar-refractivity contribution in [3.05, 3.63) is 35.4 Å². The number of amides is 1. The number of nitrogens with two attached hydrogens (primary N) is 1. The highest BCUT2D eigenvalue weighted by molar-refractivity contribution is 5.85. The van der Waals surface area contributed by atoms with Gasteiger partial charge >= 0.3 is 0 Å². The Morgan fingerprint density at radius 2 is 1.80 bits per heavy atom. The molecule has 0 fully saturated rings. The van der Waals surface area contributed by atoms with Gasteiger partial charge in [-0.05, 0) is 24.0 Å². The molecular formula is C15H25ClN2O2. The van der Waals surface area contributed by atoms with Crippen molar-refractivity contribution < 1.29 is 9.53 Å². The van der Waals surface area contributed by atoms with Gasteiger partial charge in [0.1, 0.15) is 6.61 Å². The van der Waals surface area contributed by atoms with Crippen LogP contribution in [0.2, 0.25) is 0 Å². The third-order valence-electron chi connectivity index (χ3n) is 2.99. The van der Waals surface area contributed by atoms with Gasteiger partial charge in [0.2, 0.25) is 5.91 Å². The highest BCUT2D eigenvalue weighted by Crippen LogP contribution is 2.17. The van der Waals surface area contributed by atoms with E-state index in [2.05, 4.69) is 31.3 Å². The van der Waals surface area contributed by atoms with Crippen LogP contribution in [0.3, 0.4) is 0 Å². The normalized spacial score (nSPS) is 11.8. The van der Waals surface area contributed by atoms with E-state index in [1.807, 2.05) is 19.1 Å². The topological polar surface area (TPSA) is 64.3 Å². The zero-order valence-corrected chi connectivity index (χ0v) is 13.2. The Labute approximate surface area is 127 Å². The van der Waals surface area contributed by atoms with Gasteiger partial charge in [-0.3, -0.25) is 4.79 Å². The minimum absolute atomic E-state index is 0. The van der Waals surface area contributed by atoms with Gasteiger partial charge in [-0.15, -0.1) is 12.4 Å². The van der Waals surface area contributed by atoms with E-state index < -0.39 is 0 Å². The molecule has 0 aliphatic rings. The van der Waals surface area contributed by atoms with Gasteiger partial charge in [0.25, 0.3) is 0 Å². The van der Waals surface area contributed by atoms with Crippen molar-refractivity contribution in [1.82, 2.24) is 5.32 Å². The molecule has 0 radical (unpaired) electrons. The SMILES string of the molecule is CCOCC(=O)NCC(N)c1ccc(C(C)C)cc1.Cl. The zero-order chi connectivity index (χ0) is 14.3. The molecule has 1 amide bonds. The van der Waals surface area contributed by atoms with Crippen molar-refractivity contribution in [2.24, 2.45) is 5.73 Å². The highest BCUT2D eigenvalue weighted by Gasteiger charge is 2.08. The van der Waals surface area contributed by atoms with Crippen molar-refractivity contribution in [1.29, 1.82) is 0 Å². The van der Waals surface area contributed by atoms with Crippen molar-refractivity contribution in [3.8, 4) is 0 Å². The Balaban J connectivity index is 0.00000361. The van der Waals surface area contributed by atoms with E-state index in [4.69, 9.17) is 10.5 Å². The predicted molar refractivity (Wildman–Crippen MR) is 84.2 cm³/mol. The van der Waals surface area contributed by atoms with Gasteiger partial charge in [0.05, 0.1) is 0 Å². The fraction of sp³-hybridized carbons (Fsp3) is 0.533. The molecule has 1 unspecified atom stereocenters. The molecule has 20 heavy (non-hydrogen) atoms. The molecule has 5 heteroatoms.